The van der Waals surface area contributed by atoms with E-state index in [-0.39, 0.29) is 10.6 Å². The van der Waals surface area contributed by atoms with E-state index in [0.29, 0.717) is 31.7 Å². The number of hydrogen-bond acceptors (Lipinski definition) is 2. The van der Waals surface area contributed by atoms with Crippen LogP contribution in [0.25, 0.3) is 0 Å². The smallest absolute Gasteiger partial charge is 0.240 e. The predicted molar refractivity (Wildman–Crippen MR) is 74.0 cm³/mol. The van der Waals surface area contributed by atoms with Gasteiger partial charge in [-0.15, -0.1) is 0 Å². The molecular formula is C14H18ClF3N2. The lowest BCUT2D eigenvalue weighted by Crippen LogP contribution is -2.45. The van der Waals surface area contributed by atoms with Gasteiger partial charge in [-0.25, -0.2) is 13.2 Å². The van der Waals surface area contributed by atoms with Crippen molar-refractivity contribution in [1.82, 2.24) is 10.2 Å². The summed E-state index contributed by atoms with van der Waals surface area (Å²) in [4.78, 5) is 1.88. The van der Waals surface area contributed by atoms with E-state index in [4.69, 9.17) is 11.6 Å². The van der Waals surface area contributed by atoms with Gasteiger partial charge in [-0.2, -0.15) is 0 Å². The van der Waals surface area contributed by atoms with E-state index in [9.17, 15) is 13.2 Å². The van der Waals surface area contributed by atoms with Crippen LogP contribution in [0.3, 0.4) is 0 Å². The van der Waals surface area contributed by atoms with Gasteiger partial charge in [-0.3, -0.25) is 4.90 Å². The van der Waals surface area contributed by atoms with E-state index in [2.05, 4.69) is 5.32 Å². The van der Waals surface area contributed by atoms with E-state index in [1.807, 2.05) is 4.90 Å². The van der Waals surface area contributed by atoms with E-state index < -0.39 is 24.7 Å². The fraction of sp³-hybridized carbons (Fsp3) is 0.571. The van der Waals surface area contributed by atoms with Crippen molar-refractivity contribution in [2.45, 2.75) is 25.8 Å². The average Bonchev–Trinajstić information content (AvgIpc) is 2.43. The van der Waals surface area contributed by atoms with Gasteiger partial charge in [0.05, 0.1) is 5.02 Å². The largest absolute Gasteiger partial charge is 0.314 e. The van der Waals surface area contributed by atoms with E-state index >= 15 is 0 Å². The number of nitrogens with one attached hydrogen (secondary N) is 1. The molecule has 0 unspecified atom stereocenters. The third kappa shape index (κ3) is 3.45. The van der Waals surface area contributed by atoms with Gasteiger partial charge in [0.15, 0.2) is 0 Å². The zero-order chi connectivity index (χ0) is 14.7. The first kappa shape index (κ1) is 15.6. The van der Waals surface area contributed by atoms with E-state index in [1.165, 1.54) is 6.07 Å². The van der Waals surface area contributed by atoms with Crippen molar-refractivity contribution >= 4 is 11.6 Å². The number of piperazine rings is 1. The summed E-state index contributed by atoms with van der Waals surface area (Å²) in [6.45, 7) is 4.40. The molecule has 1 saturated heterocycles. The Morgan fingerprint density at radius 2 is 1.95 bits per heavy atom. The maximum Gasteiger partial charge on any atom is 0.240 e. The van der Waals surface area contributed by atoms with Crippen LogP contribution in [-0.2, 0) is 0 Å². The minimum absolute atomic E-state index is 0.203. The summed E-state index contributed by atoms with van der Waals surface area (Å²) in [7, 11) is 0. The van der Waals surface area contributed by atoms with Gasteiger partial charge < -0.3 is 5.32 Å². The fourth-order valence-electron chi connectivity index (χ4n) is 2.60. The van der Waals surface area contributed by atoms with Crippen molar-refractivity contribution in [3.8, 4) is 0 Å². The van der Waals surface area contributed by atoms with Gasteiger partial charge in [0, 0.05) is 44.2 Å². The van der Waals surface area contributed by atoms with Crippen LogP contribution in [0.15, 0.2) is 12.1 Å². The van der Waals surface area contributed by atoms with Crippen molar-refractivity contribution in [3.63, 3.8) is 0 Å². The fourth-order valence-corrected chi connectivity index (χ4v) is 2.88. The van der Waals surface area contributed by atoms with Crippen LogP contribution in [0.4, 0.5) is 13.2 Å². The Morgan fingerprint density at radius 3 is 2.55 bits per heavy atom. The Bertz CT molecular complexity index is 462. The highest BCUT2D eigenvalue weighted by Crippen LogP contribution is 2.36. The molecule has 2 rings (SSSR count). The van der Waals surface area contributed by atoms with Crippen LogP contribution in [0, 0.1) is 12.7 Å². The first-order valence-corrected chi connectivity index (χ1v) is 7.06. The molecule has 1 aromatic carbocycles. The first-order chi connectivity index (χ1) is 9.50. The Kier molecular flexibility index (Phi) is 5.29. The SMILES string of the molecule is Cc1ccc(F)c([C@H](CC(F)F)N2CCNCC2)c1Cl. The van der Waals surface area contributed by atoms with Crippen LogP contribution in [-0.4, -0.2) is 37.5 Å². The topological polar surface area (TPSA) is 15.3 Å². The average molecular weight is 307 g/mol. The van der Waals surface area contributed by atoms with Gasteiger partial charge in [-0.1, -0.05) is 17.7 Å². The lowest BCUT2D eigenvalue weighted by molar-refractivity contribution is 0.0725. The second-order valence-corrected chi connectivity index (χ2v) is 5.40. The lowest BCUT2D eigenvalue weighted by atomic mass is 9.98. The maximum absolute atomic E-state index is 14.1. The minimum atomic E-state index is -2.49. The van der Waals surface area contributed by atoms with E-state index in [1.54, 1.807) is 13.0 Å². The van der Waals surface area contributed by atoms with Gasteiger partial charge >= 0.3 is 0 Å². The third-order valence-electron chi connectivity index (χ3n) is 3.65. The summed E-state index contributed by atoms with van der Waals surface area (Å²) in [6, 6.07) is 2.19. The van der Waals surface area contributed by atoms with Gasteiger partial charge in [0.2, 0.25) is 6.43 Å². The molecule has 1 fully saturated rings. The first-order valence-electron chi connectivity index (χ1n) is 6.68. The van der Waals surface area contributed by atoms with Crippen molar-refractivity contribution in [2.75, 3.05) is 26.2 Å². The Balaban J connectivity index is 2.37. The molecule has 0 aromatic heterocycles. The molecule has 1 aliphatic heterocycles. The Hall–Kier alpha value is -0.780. The highest BCUT2D eigenvalue weighted by Gasteiger charge is 2.29. The van der Waals surface area contributed by atoms with Crippen LogP contribution in [0.2, 0.25) is 5.02 Å². The molecule has 1 heterocycles. The molecule has 20 heavy (non-hydrogen) atoms. The number of halogens is 4. The van der Waals surface area contributed by atoms with Gasteiger partial charge in [-0.05, 0) is 18.6 Å². The standard InChI is InChI=1S/C14H18ClF3N2/c1-9-2-3-10(16)13(14(9)15)11(8-12(17)18)20-6-4-19-5-7-20/h2-3,11-12,19H,4-8H2,1H3/t11-/m0/s1. The molecular weight excluding hydrogens is 289 g/mol. The van der Waals surface area contributed by atoms with Crippen LogP contribution < -0.4 is 5.32 Å². The zero-order valence-electron chi connectivity index (χ0n) is 11.3. The highest BCUT2D eigenvalue weighted by molar-refractivity contribution is 6.32. The second-order valence-electron chi connectivity index (χ2n) is 5.02. The monoisotopic (exact) mass is 306 g/mol. The molecule has 1 aromatic rings. The quantitative estimate of drug-likeness (QED) is 0.917. The summed E-state index contributed by atoms with van der Waals surface area (Å²) < 4.78 is 39.9. The van der Waals surface area contributed by atoms with Crippen LogP contribution in [0.1, 0.15) is 23.6 Å². The zero-order valence-corrected chi connectivity index (χ0v) is 12.1. The summed E-state index contributed by atoms with van der Waals surface area (Å²) in [5.41, 5.74) is 0.909. The number of hydrogen-bond donors (Lipinski definition) is 1. The molecule has 1 aliphatic rings. The van der Waals surface area contributed by atoms with Gasteiger partial charge in [0.25, 0.3) is 0 Å². The normalized spacial score (nSPS) is 18.5. The van der Waals surface area contributed by atoms with Crippen LogP contribution in [0.5, 0.6) is 0 Å². The summed E-state index contributed by atoms with van der Waals surface area (Å²) in [5, 5.41) is 3.42. The van der Waals surface area contributed by atoms with E-state index in [0.717, 1.165) is 0 Å². The molecule has 0 bridgehead atoms. The lowest BCUT2D eigenvalue weighted by Gasteiger charge is -2.35. The minimum Gasteiger partial charge on any atom is -0.314 e. The summed E-state index contributed by atoms with van der Waals surface area (Å²) in [5.74, 6) is -0.509. The second kappa shape index (κ2) is 6.78. The molecule has 2 nitrogen and oxygen atoms in total. The number of nitrogens with zero attached hydrogens (tertiary/aromatic N) is 1. The number of aryl methyl sites for hydroxylation is 1. The van der Waals surface area contributed by atoms with Crippen molar-refractivity contribution in [2.24, 2.45) is 0 Å². The molecule has 1 atom stereocenters. The summed E-state index contributed by atoms with van der Waals surface area (Å²) >= 11 is 6.17. The van der Waals surface area contributed by atoms with Gasteiger partial charge in [0.1, 0.15) is 5.82 Å². The molecule has 0 saturated carbocycles. The predicted octanol–water partition coefficient (Wildman–Crippen LogP) is 3.39. The maximum atomic E-state index is 14.1. The third-order valence-corrected chi connectivity index (χ3v) is 4.15. The number of benzene rings is 1. The van der Waals surface area contributed by atoms with Crippen molar-refractivity contribution in [3.05, 3.63) is 34.1 Å². The van der Waals surface area contributed by atoms with Crippen LogP contribution >= 0.6 is 11.6 Å². The van der Waals surface area contributed by atoms with Crippen molar-refractivity contribution < 1.29 is 13.2 Å². The molecule has 0 spiro atoms. The molecule has 1 N–H and O–H groups in total. The highest BCUT2D eigenvalue weighted by atomic mass is 35.5. The Morgan fingerprint density at radius 1 is 1.30 bits per heavy atom. The molecule has 0 aliphatic carbocycles. The number of alkyl halides is 2. The summed E-state index contributed by atoms with van der Waals surface area (Å²) in [6.07, 6.45) is -2.90. The molecule has 0 radical (unpaired) electrons. The van der Waals surface area contributed by atoms with Crippen molar-refractivity contribution in [1.29, 1.82) is 0 Å². The molecule has 6 heteroatoms. The Labute approximate surface area is 121 Å². The number of rotatable bonds is 4. The molecule has 112 valence electrons. The molecule has 0 amide bonds.